The zero-order chi connectivity index (χ0) is 57.8. The second kappa shape index (κ2) is 67.6. The van der Waals surface area contributed by atoms with Crippen LogP contribution in [0.2, 0.25) is 0 Å². The number of unbranched alkanes of at least 4 members (excludes halogenated alkanes) is 32. The highest BCUT2D eigenvalue weighted by Gasteiger charge is 2.19. The van der Waals surface area contributed by atoms with Gasteiger partial charge in [-0.1, -0.05) is 284 Å². The molecule has 0 heterocycles. The molecule has 0 saturated heterocycles. The Morgan fingerprint density at radius 1 is 0.263 bits per heavy atom. The van der Waals surface area contributed by atoms with Gasteiger partial charge in [-0.15, -0.1) is 0 Å². The van der Waals surface area contributed by atoms with Gasteiger partial charge in [-0.05, 0) is 128 Å². The number of ether oxygens (including phenoxy) is 3. The first-order valence-corrected chi connectivity index (χ1v) is 33.9. The molecule has 0 aliphatic carbocycles. The highest BCUT2D eigenvalue weighted by Crippen LogP contribution is 2.16. The molecule has 0 saturated carbocycles. The van der Waals surface area contributed by atoms with Crippen LogP contribution in [0, 0.1) is 0 Å². The van der Waals surface area contributed by atoms with E-state index in [1.54, 1.807) is 0 Å². The minimum absolute atomic E-state index is 0.0959. The van der Waals surface area contributed by atoms with Crippen molar-refractivity contribution in [2.75, 3.05) is 13.2 Å². The summed E-state index contributed by atoms with van der Waals surface area (Å²) in [6.45, 7) is 6.49. The molecule has 6 heteroatoms. The molecule has 0 aromatic rings. The van der Waals surface area contributed by atoms with Crippen LogP contribution < -0.4 is 0 Å². The van der Waals surface area contributed by atoms with Crippen LogP contribution in [0.25, 0.3) is 0 Å². The second-order valence-corrected chi connectivity index (χ2v) is 22.3. The number of allylic oxidation sites excluding steroid dienone is 18. The minimum Gasteiger partial charge on any atom is -0.462 e. The van der Waals surface area contributed by atoms with E-state index in [1.165, 1.54) is 154 Å². The lowest BCUT2D eigenvalue weighted by molar-refractivity contribution is -0.167. The maximum Gasteiger partial charge on any atom is 0.306 e. The predicted molar refractivity (Wildman–Crippen MR) is 348 cm³/mol. The topological polar surface area (TPSA) is 78.9 Å². The van der Waals surface area contributed by atoms with Gasteiger partial charge >= 0.3 is 17.9 Å². The Morgan fingerprint density at radius 2 is 0.487 bits per heavy atom. The molecule has 1 atom stereocenters. The molecule has 0 aromatic carbocycles. The lowest BCUT2D eigenvalue weighted by atomic mass is 10.0. The molecule has 0 rings (SSSR count). The van der Waals surface area contributed by atoms with Crippen molar-refractivity contribution in [1.82, 2.24) is 0 Å². The smallest absolute Gasteiger partial charge is 0.306 e. The van der Waals surface area contributed by atoms with E-state index in [9.17, 15) is 14.4 Å². The summed E-state index contributed by atoms with van der Waals surface area (Å²) in [7, 11) is 0. The summed E-state index contributed by atoms with van der Waals surface area (Å²) >= 11 is 0. The van der Waals surface area contributed by atoms with Crippen molar-refractivity contribution in [3.05, 3.63) is 109 Å². The Hall–Kier alpha value is -3.93. The van der Waals surface area contributed by atoms with E-state index >= 15 is 0 Å². The average molecular weight is 1110 g/mol. The molecule has 0 radical (unpaired) electrons. The van der Waals surface area contributed by atoms with Gasteiger partial charge in [0.25, 0.3) is 0 Å². The fourth-order valence-electron chi connectivity index (χ4n) is 9.41. The molecule has 0 bridgehead atoms. The molecule has 458 valence electrons. The third-order valence-electron chi connectivity index (χ3n) is 14.5. The van der Waals surface area contributed by atoms with Crippen molar-refractivity contribution in [2.24, 2.45) is 0 Å². The van der Waals surface area contributed by atoms with Crippen LogP contribution in [-0.2, 0) is 28.6 Å². The van der Waals surface area contributed by atoms with Gasteiger partial charge in [-0.2, -0.15) is 0 Å². The van der Waals surface area contributed by atoms with Crippen LogP contribution in [0.15, 0.2) is 109 Å². The van der Waals surface area contributed by atoms with Gasteiger partial charge < -0.3 is 14.2 Å². The van der Waals surface area contributed by atoms with Crippen LogP contribution in [0.5, 0.6) is 0 Å². The zero-order valence-corrected chi connectivity index (χ0v) is 52.6. The van der Waals surface area contributed by atoms with Gasteiger partial charge in [0.2, 0.25) is 0 Å². The summed E-state index contributed by atoms with van der Waals surface area (Å²) in [5.74, 6) is -0.933. The third kappa shape index (κ3) is 64.9. The second-order valence-electron chi connectivity index (χ2n) is 22.3. The first-order valence-electron chi connectivity index (χ1n) is 33.9. The van der Waals surface area contributed by atoms with Crippen molar-refractivity contribution >= 4 is 17.9 Å². The standard InChI is InChI=1S/C74H126O6/c1-4-7-10-13-16-19-22-25-28-31-33-34-35-36-37-38-39-40-42-43-46-49-52-55-58-61-64-67-73(76)79-70-71(69-78-72(75)66-63-60-57-54-51-48-45-30-27-24-21-18-15-12-9-6-3)80-74(77)68-65-62-59-56-53-50-47-44-41-32-29-26-23-20-17-14-11-8-5-2/h8,11,17,20-22,24-26,29-31,33,41,44-45,50,53,71H,4-7,9-10,12-16,18-19,23,27-28,32,34-40,42-43,46-49,51-52,54-70H2,1-3H3/b11-8-,20-17-,24-21-,25-22-,29-26-,33-31-,44-41-,45-30-,53-50-. The van der Waals surface area contributed by atoms with Crippen LogP contribution in [0.4, 0.5) is 0 Å². The van der Waals surface area contributed by atoms with Crippen molar-refractivity contribution in [3.63, 3.8) is 0 Å². The SMILES string of the molecule is CC/C=C\C/C=C\C/C=C\C/C=C\C/C=C\CCCCCC(=O)OC(COC(=O)CCCCCCC/C=C\C/C=C\CCCCCC)COC(=O)CCCCCCCCCCCCCCCCC/C=C\C/C=C\CCCCCCC. The lowest BCUT2D eigenvalue weighted by Gasteiger charge is -2.18. The number of esters is 3. The van der Waals surface area contributed by atoms with Crippen molar-refractivity contribution in [3.8, 4) is 0 Å². The fourth-order valence-corrected chi connectivity index (χ4v) is 9.41. The van der Waals surface area contributed by atoms with Gasteiger partial charge in [-0.25, -0.2) is 0 Å². The molecule has 0 N–H and O–H groups in total. The molecular weight excluding hydrogens is 985 g/mol. The first-order chi connectivity index (χ1) is 39.5. The molecule has 1 unspecified atom stereocenters. The number of hydrogen-bond donors (Lipinski definition) is 0. The number of carbonyl (C=O) groups is 3. The summed E-state index contributed by atoms with van der Waals surface area (Å²) in [6, 6.07) is 0. The summed E-state index contributed by atoms with van der Waals surface area (Å²) in [6.07, 6.45) is 92.5. The van der Waals surface area contributed by atoms with E-state index in [0.717, 1.165) is 128 Å². The van der Waals surface area contributed by atoms with Gasteiger partial charge in [0.05, 0.1) is 0 Å². The average Bonchev–Trinajstić information content (AvgIpc) is 3.46. The quantitative estimate of drug-likeness (QED) is 0.0261. The summed E-state index contributed by atoms with van der Waals surface area (Å²) in [5, 5.41) is 0. The maximum absolute atomic E-state index is 12.9. The molecule has 0 fully saturated rings. The monoisotopic (exact) mass is 1110 g/mol. The Kier molecular flexibility index (Phi) is 64.3. The van der Waals surface area contributed by atoms with Crippen molar-refractivity contribution < 1.29 is 28.6 Å². The maximum atomic E-state index is 12.9. The number of hydrogen-bond acceptors (Lipinski definition) is 6. The van der Waals surface area contributed by atoms with Crippen LogP contribution >= 0.6 is 0 Å². The van der Waals surface area contributed by atoms with Crippen LogP contribution in [-0.4, -0.2) is 37.2 Å². The first kappa shape index (κ1) is 76.1. The minimum atomic E-state index is -0.805. The van der Waals surface area contributed by atoms with Crippen LogP contribution in [0.3, 0.4) is 0 Å². The third-order valence-corrected chi connectivity index (χ3v) is 14.5. The molecule has 0 spiro atoms. The Balaban J connectivity index is 4.37. The molecule has 0 aliphatic heterocycles. The predicted octanol–water partition coefficient (Wildman–Crippen LogP) is 23.4. The molecule has 0 aliphatic rings. The Labute approximate surface area is 495 Å². The summed E-state index contributed by atoms with van der Waals surface area (Å²) in [5.41, 5.74) is 0. The largest absolute Gasteiger partial charge is 0.462 e. The number of carbonyl (C=O) groups excluding carboxylic acids is 3. The van der Waals surface area contributed by atoms with E-state index in [1.807, 2.05) is 0 Å². The summed E-state index contributed by atoms with van der Waals surface area (Å²) < 4.78 is 16.9. The molecule has 80 heavy (non-hydrogen) atoms. The fraction of sp³-hybridized carbons (Fsp3) is 0.716. The Morgan fingerprint density at radius 3 is 0.787 bits per heavy atom. The van der Waals surface area contributed by atoms with Crippen molar-refractivity contribution in [2.45, 2.75) is 329 Å². The highest BCUT2D eigenvalue weighted by atomic mass is 16.6. The molecule has 0 aromatic heterocycles. The summed E-state index contributed by atoms with van der Waals surface area (Å²) in [4.78, 5) is 38.4. The van der Waals surface area contributed by atoms with Gasteiger partial charge in [-0.3, -0.25) is 14.4 Å². The number of rotatable bonds is 61. The van der Waals surface area contributed by atoms with E-state index in [-0.39, 0.29) is 37.5 Å². The highest BCUT2D eigenvalue weighted by molar-refractivity contribution is 5.71. The molecule has 6 nitrogen and oxygen atoms in total. The van der Waals surface area contributed by atoms with E-state index in [0.29, 0.717) is 12.8 Å². The van der Waals surface area contributed by atoms with Gasteiger partial charge in [0.1, 0.15) is 13.2 Å². The van der Waals surface area contributed by atoms with E-state index in [4.69, 9.17) is 14.2 Å². The normalized spacial score (nSPS) is 12.8. The van der Waals surface area contributed by atoms with Gasteiger partial charge in [0, 0.05) is 19.3 Å². The van der Waals surface area contributed by atoms with Gasteiger partial charge in [0.15, 0.2) is 6.10 Å². The Bertz CT molecular complexity index is 1610. The zero-order valence-electron chi connectivity index (χ0n) is 52.6. The van der Waals surface area contributed by atoms with E-state index < -0.39 is 6.10 Å². The molecular formula is C74H126O6. The molecule has 0 amide bonds. The lowest BCUT2D eigenvalue weighted by Crippen LogP contribution is -2.30. The van der Waals surface area contributed by atoms with E-state index in [2.05, 4.69) is 130 Å². The van der Waals surface area contributed by atoms with Crippen LogP contribution in [0.1, 0.15) is 323 Å². The van der Waals surface area contributed by atoms with Crippen molar-refractivity contribution in [1.29, 1.82) is 0 Å².